The summed E-state index contributed by atoms with van der Waals surface area (Å²) in [5.74, 6) is 0.833. The van der Waals surface area contributed by atoms with Crippen molar-refractivity contribution in [1.82, 2.24) is 0 Å². The molecule has 0 radical (unpaired) electrons. The highest BCUT2D eigenvalue weighted by atomic mass is 32.2. The van der Waals surface area contributed by atoms with Crippen LogP contribution in [0.5, 0.6) is 5.75 Å². The topological polar surface area (TPSA) is 21.6 Å². The zero-order chi connectivity index (χ0) is 18.6. The largest absolute Gasteiger partial charge is 0.465 e. The normalized spacial score (nSPS) is 16.4. The second-order valence-electron chi connectivity index (χ2n) is 6.67. The van der Waals surface area contributed by atoms with E-state index in [-0.39, 0.29) is 0 Å². The Balaban J connectivity index is 1.72. The predicted octanol–water partition coefficient (Wildman–Crippen LogP) is 6.64. The molecule has 0 unspecified atom stereocenters. The summed E-state index contributed by atoms with van der Waals surface area (Å²) >= 11 is 1.73. The Bertz CT molecular complexity index is 1000. The molecule has 2 nitrogen and oxygen atoms in total. The molecule has 3 aromatic carbocycles. The Morgan fingerprint density at radius 1 is 0.889 bits per heavy atom. The summed E-state index contributed by atoms with van der Waals surface area (Å²) in [4.78, 5) is 6.23. The zero-order valence-corrected chi connectivity index (χ0v) is 16.3. The van der Waals surface area contributed by atoms with Crippen molar-refractivity contribution in [2.24, 2.45) is 4.99 Å². The van der Waals surface area contributed by atoms with Gasteiger partial charge in [-0.3, -0.25) is 0 Å². The highest BCUT2D eigenvalue weighted by molar-refractivity contribution is 8.14. The molecule has 1 aliphatic heterocycles. The first-order valence-electron chi connectivity index (χ1n) is 9.02. The van der Waals surface area contributed by atoms with E-state index in [1.54, 1.807) is 11.8 Å². The average molecular weight is 372 g/mol. The smallest absolute Gasteiger partial charge is 0.126 e. The van der Waals surface area contributed by atoms with Crippen LogP contribution in [0, 0.1) is 13.8 Å². The fourth-order valence-corrected chi connectivity index (χ4v) is 4.10. The van der Waals surface area contributed by atoms with Gasteiger partial charge in [0.25, 0.3) is 0 Å². The fraction of sp³-hybridized carbons (Fsp3) is 0.125. The average Bonchev–Trinajstić information content (AvgIpc) is 2.69. The number of benzene rings is 3. The molecule has 134 valence electrons. The Hall–Kier alpha value is -2.78. The van der Waals surface area contributed by atoms with Gasteiger partial charge in [-0.2, -0.15) is 0 Å². The van der Waals surface area contributed by atoms with Gasteiger partial charge in [-0.05, 0) is 49.2 Å². The summed E-state index contributed by atoms with van der Waals surface area (Å²) < 4.78 is 5.92. The standard InChI is InChI=1S/C24H21NOS/c1-17-11-13-21(14-12-17)25-24-20(16-26-22-9-4-3-5-10-22)15-19-8-6-7-18(2)23(19)27-24/h3-14,16H,15H2,1-2H3/b20-16+,25-24?. The van der Waals surface area contributed by atoms with Crippen molar-refractivity contribution in [3.8, 4) is 5.75 Å². The molecule has 0 aliphatic carbocycles. The van der Waals surface area contributed by atoms with E-state index < -0.39 is 0 Å². The molecule has 0 fully saturated rings. The van der Waals surface area contributed by atoms with Crippen molar-refractivity contribution in [3.05, 3.63) is 101 Å². The van der Waals surface area contributed by atoms with E-state index in [2.05, 4.69) is 56.3 Å². The summed E-state index contributed by atoms with van der Waals surface area (Å²) in [6.45, 7) is 4.25. The summed E-state index contributed by atoms with van der Waals surface area (Å²) in [7, 11) is 0. The van der Waals surface area contributed by atoms with Crippen molar-refractivity contribution in [2.75, 3.05) is 0 Å². The van der Waals surface area contributed by atoms with Crippen LogP contribution in [-0.2, 0) is 6.42 Å². The highest BCUT2D eigenvalue weighted by Gasteiger charge is 2.22. The number of hydrogen-bond donors (Lipinski definition) is 0. The van der Waals surface area contributed by atoms with E-state index in [0.29, 0.717) is 0 Å². The third kappa shape index (κ3) is 4.15. The molecule has 1 aliphatic rings. The molecule has 1 heterocycles. The van der Waals surface area contributed by atoms with Crippen LogP contribution >= 0.6 is 11.8 Å². The number of ether oxygens (including phenoxy) is 1. The van der Waals surface area contributed by atoms with Gasteiger partial charge in [0.05, 0.1) is 11.9 Å². The van der Waals surface area contributed by atoms with Crippen molar-refractivity contribution >= 4 is 22.5 Å². The molecule has 0 N–H and O–H groups in total. The Morgan fingerprint density at radius 3 is 2.44 bits per heavy atom. The third-order valence-corrected chi connectivity index (χ3v) is 5.83. The van der Waals surface area contributed by atoms with E-state index >= 15 is 0 Å². The van der Waals surface area contributed by atoms with Crippen LogP contribution in [-0.4, -0.2) is 5.04 Å². The lowest BCUT2D eigenvalue weighted by atomic mass is 10.0. The molecule has 27 heavy (non-hydrogen) atoms. The molecule has 3 aromatic rings. The third-order valence-electron chi connectivity index (χ3n) is 4.49. The van der Waals surface area contributed by atoms with Gasteiger partial charge >= 0.3 is 0 Å². The van der Waals surface area contributed by atoms with Crippen LogP contribution in [0.15, 0.2) is 94.5 Å². The SMILES string of the molecule is Cc1ccc(N=C2Sc3c(C)cccc3C/C2=C\Oc2ccccc2)cc1. The van der Waals surface area contributed by atoms with Gasteiger partial charge in [-0.1, -0.05) is 65.9 Å². The number of fused-ring (bicyclic) bond motifs is 1. The lowest BCUT2D eigenvalue weighted by Crippen LogP contribution is -2.11. The van der Waals surface area contributed by atoms with Crippen molar-refractivity contribution < 1.29 is 4.74 Å². The van der Waals surface area contributed by atoms with Crippen LogP contribution in [0.2, 0.25) is 0 Å². The Labute approximate surface area is 164 Å². The number of hydrogen-bond acceptors (Lipinski definition) is 3. The minimum Gasteiger partial charge on any atom is -0.465 e. The van der Waals surface area contributed by atoms with E-state index in [9.17, 15) is 0 Å². The first kappa shape index (κ1) is 17.6. The molecule has 0 spiro atoms. The number of aryl methyl sites for hydroxylation is 2. The first-order valence-corrected chi connectivity index (χ1v) is 9.83. The molecule has 0 atom stereocenters. The maximum absolute atomic E-state index is 5.92. The van der Waals surface area contributed by atoms with Crippen LogP contribution in [0.1, 0.15) is 16.7 Å². The number of thioether (sulfide) groups is 1. The first-order chi connectivity index (χ1) is 13.2. The molecule has 0 aromatic heterocycles. The van der Waals surface area contributed by atoms with Gasteiger partial charge in [-0.15, -0.1) is 0 Å². The molecule has 0 saturated heterocycles. The summed E-state index contributed by atoms with van der Waals surface area (Å²) in [6, 6.07) is 24.6. The fourth-order valence-electron chi connectivity index (χ4n) is 3.00. The highest BCUT2D eigenvalue weighted by Crippen LogP contribution is 2.38. The van der Waals surface area contributed by atoms with Gasteiger partial charge in [0.1, 0.15) is 10.8 Å². The number of aliphatic imine (C=N–C) groups is 1. The van der Waals surface area contributed by atoms with E-state index in [1.165, 1.54) is 21.6 Å². The van der Waals surface area contributed by atoms with Crippen molar-refractivity contribution in [1.29, 1.82) is 0 Å². The van der Waals surface area contributed by atoms with Crippen molar-refractivity contribution in [3.63, 3.8) is 0 Å². The van der Waals surface area contributed by atoms with Crippen LogP contribution in [0.4, 0.5) is 5.69 Å². The second-order valence-corrected chi connectivity index (χ2v) is 7.67. The predicted molar refractivity (Wildman–Crippen MR) is 114 cm³/mol. The molecular weight excluding hydrogens is 350 g/mol. The number of para-hydroxylation sites is 1. The molecule has 3 heteroatoms. The van der Waals surface area contributed by atoms with Gasteiger partial charge in [0, 0.05) is 16.9 Å². The summed E-state index contributed by atoms with van der Waals surface area (Å²) in [5, 5.41) is 0.997. The molecule has 4 rings (SSSR count). The second kappa shape index (κ2) is 7.85. The van der Waals surface area contributed by atoms with Crippen LogP contribution < -0.4 is 4.74 Å². The monoisotopic (exact) mass is 371 g/mol. The number of rotatable bonds is 3. The Morgan fingerprint density at radius 2 is 1.67 bits per heavy atom. The lowest BCUT2D eigenvalue weighted by molar-refractivity contribution is 0.477. The summed E-state index contributed by atoms with van der Waals surface area (Å²) in [6.07, 6.45) is 2.67. The van der Waals surface area contributed by atoms with Crippen molar-refractivity contribution in [2.45, 2.75) is 25.2 Å². The van der Waals surface area contributed by atoms with Crippen LogP contribution in [0.25, 0.3) is 0 Å². The van der Waals surface area contributed by atoms with E-state index in [0.717, 1.165) is 28.5 Å². The maximum atomic E-state index is 5.92. The van der Waals surface area contributed by atoms with Gasteiger partial charge in [-0.25, -0.2) is 4.99 Å². The molecular formula is C24H21NOS. The van der Waals surface area contributed by atoms with E-state index in [1.807, 2.05) is 36.6 Å². The van der Waals surface area contributed by atoms with E-state index in [4.69, 9.17) is 9.73 Å². The summed E-state index contributed by atoms with van der Waals surface area (Å²) in [5.41, 5.74) is 5.91. The molecule has 0 amide bonds. The molecule has 0 saturated carbocycles. The quantitative estimate of drug-likeness (QED) is 0.481. The Kier molecular flexibility index (Phi) is 5.12. The minimum atomic E-state index is 0.821. The van der Waals surface area contributed by atoms with Gasteiger partial charge in [0.15, 0.2) is 0 Å². The lowest BCUT2D eigenvalue weighted by Gasteiger charge is -2.21. The van der Waals surface area contributed by atoms with Crippen LogP contribution in [0.3, 0.4) is 0 Å². The molecule has 0 bridgehead atoms. The van der Waals surface area contributed by atoms with Gasteiger partial charge < -0.3 is 4.74 Å². The number of nitrogens with zero attached hydrogens (tertiary/aromatic N) is 1. The maximum Gasteiger partial charge on any atom is 0.126 e. The van der Waals surface area contributed by atoms with Gasteiger partial charge in [0.2, 0.25) is 0 Å². The zero-order valence-electron chi connectivity index (χ0n) is 15.5. The minimum absolute atomic E-state index is 0.821.